The summed E-state index contributed by atoms with van der Waals surface area (Å²) in [5, 5.41) is 10.8. The molecule has 4 nitrogen and oxygen atoms in total. The van der Waals surface area contributed by atoms with Gasteiger partial charge in [-0.05, 0) is 19.9 Å². The number of benzene rings is 1. The summed E-state index contributed by atoms with van der Waals surface area (Å²) in [5.41, 5.74) is 0.972. The quantitative estimate of drug-likeness (QED) is 0.828. The molecule has 1 N–H and O–H groups in total. The Morgan fingerprint density at radius 2 is 2.29 bits per heavy atom. The monoisotopic (exact) mass is 234 g/mol. The van der Waals surface area contributed by atoms with Crippen LogP contribution >= 0.6 is 0 Å². The van der Waals surface area contributed by atoms with Gasteiger partial charge in [-0.1, -0.05) is 18.2 Å². The Balaban J connectivity index is 2.44. The van der Waals surface area contributed by atoms with Gasteiger partial charge < -0.3 is 14.3 Å². The van der Waals surface area contributed by atoms with Crippen LogP contribution in [0.1, 0.15) is 24.4 Å². The number of aliphatic hydroxyl groups is 1. The maximum Gasteiger partial charge on any atom is 0.339 e. The van der Waals surface area contributed by atoms with Gasteiger partial charge in [0.05, 0.1) is 6.61 Å². The number of carbonyl (C=O) groups excluding carboxylic acids is 1. The van der Waals surface area contributed by atoms with Crippen molar-refractivity contribution in [3.63, 3.8) is 0 Å². The first-order chi connectivity index (χ1) is 8.13. The minimum atomic E-state index is -1.30. The SMILES string of the molecule is CCOC(=O)C(O)c1cccc2cc(C)oc12. The van der Waals surface area contributed by atoms with E-state index in [1.165, 1.54) is 0 Å². The molecule has 1 unspecified atom stereocenters. The summed E-state index contributed by atoms with van der Waals surface area (Å²) in [7, 11) is 0. The molecule has 0 fully saturated rings. The van der Waals surface area contributed by atoms with Crippen molar-refractivity contribution in [3.8, 4) is 0 Å². The minimum Gasteiger partial charge on any atom is -0.464 e. The van der Waals surface area contributed by atoms with E-state index in [1.807, 2.05) is 19.1 Å². The normalized spacial score (nSPS) is 12.6. The van der Waals surface area contributed by atoms with Gasteiger partial charge in [0.25, 0.3) is 0 Å². The van der Waals surface area contributed by atoms with Gasteiger partial charge in [0.15, 0.2) is 6.10 Å². The molecule has 2 rings (SSSR count). The fourth-order valence-electron chi connectivity index (χ4n) is 1.78. The van der Waals surface area contributed by atoms with Gasteiger partial charge in [0.1, 0.15) is 11.3 Å². The molecule has 90 valence electrons. The minimum absolute atomic E-state index is 0.239. The third-order valence-electron chi connectivity index (χ3n) is 2.50. The summed E-state index contributed by atoms with van der Waals surface area (Å²) in [6.45, 7) is 3.76. The van der Waals surface area contributed by atoms with E-state index in [9.17, 15) is 9.90 Å². The molecule has 2 aromatic rings. The lowest BCUT2D eigenvalue weighted by atomic mass is 10.1. The van der Waals surface area contributed by atoms with Crippen molar-refractivity contribution >= 4 is 16.9 Å². The summed E-state index contributed by atoms with van der Waals surface area (Å²) >= 11 is 0. The average Bonchev–Trinajstić information content (AvgIpc) is 2.68. The van der Waals surface area contributed by atoms with Crippen molar-refractivity contribution in [3.05, 3.63) is 35.6 Å². The molecule has 4 heteroatoms. The molecule has 17 heavy (non-hydrogen) atoms. The van der Waals surface area contributed by atoms with Crippen LogP contribution in [0.4, 0.5) is 0 Å². The molecule has 0 radical (unpaired) electrons. The van der Waals surface area contributed by atoms with Crippen LogP contribution in [-0.2, 0) is 9.53 Å². The fraction of sp³-hybridized carbons (Fsp3) is 0.308. The van der Waals surface area contributed by atoms with Gasteiger partial charge in [-0.3, -0.25) is 0 Å². The average molecular weight is 234 g/mol. The highest BCUT2D eigenvalue weighted by molar-refractivity contribution is 5.87. The largest absolute Gasteiger partial charge is 0.464 e. The highest BCUT2D eigenvalue weighted by Gasteiger charge is 2.22. The predicted molar refractivity (Wildman–Crippen MR) is 62.5 cm³/mol. The maximum atomic E-state index is 11.5. The topological polar surface area (TPSA) is 59.7 Å². The fourth-order valence-corrected chi connectivity index (χ4v) is 1.78. The van der Waals surface area contributed by atoms with Crippen molar-refractivity contribution in [1.82, 2.24) is 0 Å². The smallest absolute Gasteiger partial charge is 0.339 e. The number of hydrogen-bond donors (Lipinski definition) is 1. The third-order valence-corrected chi connectivity index (χ3v) is 2.50. The number of carbonyl (C=O) groups is 1. The molecule has 1 aromatic carbocycles. The van der Waals surface area contributed by atoms with Crippen LogP contribution in [0.15, 0.2) is 28.7 Å². The van der Waals surface area contributed by atoms with Gasteiger partial charge in [0, 0.05) is 10.9 Å². The van der Waals surface area contributed by atoms with Gasteiger partial charge >= 0.3 is 5.97 Å². The summed E-state index contributed by atoms with van der Waals surface area (Å²) < 4.78 is 10.3. The van der Waals surface area contributed by atoms with E-state index in [-0.39, 0.29) is 6.61 Å². The van der Waals surface area contributed by atoms with Crippen LogP contribution in [0.2, 0.25) is 0 Å². The maximum absolute atomic E-state index is 11.5. The molecule has 1 aromatic heterocycles. The van der Waals surface area contributed by atoms with Gasteiger partial charge in [-0.25, -0.2) is 4.79 Å². The molecule has 0 aliphatic rings. The molecule has 1 atom stereocenters. The van der Waals surface area contributed by atoms with E-state index in [4.69, 9.17) is 9.15 Å². The van der Waals surface area contributed by atoms with Crippen LogP contribution in [0, 0.1) is 6.92 Å². The zero-order valence-electron chi connectivity index (χ0n) is 9.77. The number of para-hydroxylation sites is 1. The molecule has 0 bridgehead atoms. The second-order valence-electron chi connectivity index (χ2n) is 3.78. The number of aliphatic hydroxyl groups excluding tert-OH is 1. The molecular weight excluding hydrogens is 220 g/mol. The highest BCUT2D eigenvalue weighted by atomic mass is 16.5. The molecule has 0 aliphatic heterocycles. The van der Waals surface area contributed by atoms with Gasteiger partial charge in [-0.2, -0.15) is 0 Å². The Morgan fingerprint density at radius 1 is 1.53 bits per heavy atom. The van der Waals surface area contributed by atoms with Crippen molar-refractivity contribution in [1.29, 1.82) is 0 Å². The molecule has 0 spiro atoms. The van der Waals surface area contributed by atoms with Crippen molar-refractivity contribution in [2.45, 2.75) is 20.0 Å². The summed E-state index contributed by atoms with van der Waals surface area (Å²) in [6, 6.07) is 7.16. The second kappa shape index (κ2) is 4.59. The van der Waals surface area contributed by atoms with E-state index in [0.717, 1.165) is 11.1 Å². The van der Waals surface area contributed by atoms with Crippen LogP contribution < -0.4 is 0 Å². The lowest BCUT2D eigenvalue weighted by Crippen LogP contribution is -2.15. The molecule has 0 saturated heterocycles. The Kier molecular flexibility index (Phi) is 3.15. The third kappa shape index (κ3) is 2.17. The predicted octanol–water partition coefficient (Wildman–Crippen LogP) is 2.34. The van der Waals surface area contributed by atoms with E-state index < -0.39 is 12.1 Å². The first-order valence-electron chi connectivity index (χ1n) is 5.47. The number of rotatable bonds is 3. The Bertz CT molecular complexity index is 541. The lowest BCUT2D eigenvalue weighted by Gasteiger charge is -2.09. The molecule has 0 aliphatic carbocycles. The van der Waals surface area contributed by atoms with Crippen molar-refractivity contribution in [2.75, 3.05) is 6.61 Å². The number of furan rings is 1. The molecule has 0 amide bonds. The first kappa shape index (κ1) is 11.7. The van der Waals surface area contributed by atoms with Gasteiger partial charge in [0.2, 0.25) is 0 Å². The molecule has 1 heterocycles. The van der Waals surface area contributed by atoms with Crippen LogP contribution in [0.25, 0.3) is 11.0 Å². The zero-order chi connectivity index (χ0) is 12.4. The van der Waals surface area contributed by atoms with Gasteiger partial charge in [-0.15, -0.1) is 0 Å². The van der Waals surface area contributed by atoms with E-state index in [0.29, 0.717) is 11.1 Å². The summed E-state index contributed by atoms with van der Waals surface area (Å²) in [4.78, 5) is 11.5. The second-order valence-corrected chi connectivity index (χ2v) is 3.78. The number of aryl methyl sites for hydroxylation is 1. The highest BCUT2D eigenvalue weighted by Crippen LogP contribution is 2.27. The van der Waals surface area contributed by atoms with Crippen LogP contribution in [0.5, 0.6) is 0 Å². The summed E-state index contributed by atoms with van der Waals surface area (Å²) in [6.07, 6.45) is -1.30. The number of esters is 1. The number of ether oxygens (including phenoxy) is 1. The van der Waals surface area contributed by atoms with E-state index in [2.05, 4.69) is 0 Å². The van der Waals surface area contributed by atoms with Crippen molar-refractivity contribution in [2.24, 2.45) is 0 Å². The number of hydrogen-bond acceptors (Lipinski definition) is 4. The molecule has 0 saturated carbocycles. The zero-order valence-corrected chi connectivity index (χ0v) is 9.77. The molecular formula is C13H14O4. The standard InChI is InChI=1S/C13H14O4/c1-3-16-13(15)11(14)10-6-4-5-9-7-8(2)17-12(9)10/h4-7,11,14H,3H2,1-2H3. The van der Waals surface area contributed by atoms with Crippen molar-refractivity contribution < 1.29 is 19.1 Å². The first-order valence-corrected chi connectivity index (χ1v) is 5.47. The van der Waals surface area contributed by atoms with E-state index >= 15 is 0 Å². The lowest BCUT2D eigenvalue weighted by molar-refractivity contribution is -0.153. The Hall–Kier alpha value is -1.81. The van der Waals surface area contributed by atoms with E-state index in [1.54, 1.807) is 19.1 Å². The van der Waals surface area contributed by atoms with Crippen LogP contribution in [0.3, 0.4) is 0 Å². The summed E-state index contributed by atoms with van der Waals surface area (Å²) in [5.74, 6) is 0.0811. The Morgan fingerprint density at radius 3 is 3.00 bits per heavy atom. The number of fused-ring (bicyclic) bond motifs is 1. The Labute approximate surface area is 98.8 Å². The van der Waals surface area contributed by atoms with Crippen LogP contribution in [-0.4, -0.2) is 17.7 Å².